The first-order chi connectivity index (χ1) is 8.67. The Balaban J connectivity index is 1.94. The molecule has 2 aliphatic rings. The number of methoxy groups -OCH3 is 2. The lowest BCUT2D eigenvalue weighted by atomic mass is 9.93. The van der Waals surface area contributed by atoms with Gasteiger partial charge in [0, 0.05) is 20.0 Å². The summed E-state index contributed by atoms with van der Waals surface area (Å²) in [7, 11) is 3.05. The van der Waals surface area contributed by atoms with Crippen LogP contribution in [0.4, 0.5) is 0 Å². The van der Waals surface area contributed by atoms with Gasteiger partial charge in [-0.25, -0.2) is 0 Å². The van der Waals surface area contributed by atoms with Crippen molar-refractivity contribution in [1.82, 2.24) is 0 Å². The molecule has 1 spiro atoms. The molecule has 104 valence electrons. The molecule has 3 atom stereocenters. The Kier molecular flexibility index (Phi) is 4.59. The third-order valence-corrected chi connectivity index (χ3v) is 3.69. The first-order valence-electron chi connectivity index (χ1n) is 6.63. The summed E-state index contributed by atoms with van der Waals surface area (Å²) in [5.74, 6) is -0.772. The quantitative estimate of drug-likeness (QED) is 0.725. The van der Waals surface area contributed by atoms with Gasteiger partial charge in [-0.1, -0.05) is 0 Å². The molecule has 1 unspecified atom stereocenters. The van der Waals surface area contributed by atoms with Gasteiger partial charge in [0.15, 0.2) is 12.1 Å². The summed E-state index contributed by atoms with van der Waals surface area (Å²) in [5.41, 5.74) is 0. The van der Waals surface area contributed by atoms with E-state index in [9.17, 15) is 4.79 Å². The number of hydrogen-bond acceptors (Lipinski definition) is 5. The summed E-state index contributed by atoms with van der Waals surface area (Å²) in [4.78, 5) is 11.3. The minimum atomic E-state index is -0.546. The van der Waals surface area contributed by atoms with E-state index in [1.165, 1.54) is 7.11 Å². The highest BCUT2D eigenvalue weighted by molar-refractivity contribution is 5.69. The van der Waals surface area contributed by atoms with Gasteiger partial charge in [-0.2, -0.15) is 0 Å². The van der Waals surface area contributed by atoms with Crippen LogP contribution in [-0.4, -0.2) is 38.4 Å². The van der Waals surface area contributed by atoms with E-state index in [0.717, 1.165) is 38.5 Å². The second-order valence-electron chi connectivity index (χ2n) is 5.00. The molecule has 0 saturated carbocycles. The molecule has 18 heavy (non-hydrogen) atoms. The molecular weight excluding hydrogens is 236 g/mol. The minimum absolute atomic E-state index is 0.0955. The molecule has 0 amide bonds. The average molecular weight is 258 g/mol. The molecule has 0 aromatic heterocycles. The third-order valence-electron chi connectivity index (χ3n) is 3.69. The molecule has 0 aromatic rings. The maximum Gasteiger partial charge on any atom is 0.308 e. The maximum absolute atomic E-state index is 11.3. The van der Waals surface area contributed by atoms with E-state index in [2.05, 4.69) is 4.74 Å². The van der Waals surface area contributed by atoms with Gasteiger partial charge in [0.1, 0.15) is 0 Å². The predicted octanol–water partition coefficient (Wildman–Crippen LogP) is 1.99. The van der Waals surface area contributed by atoms with Gasteiger partial charge >= 0.3 is 5.97 Å². The monoisotopic (exact) mass is 258 g/mol. The number of hydrogen-bond donors (Lipinski definition) is 0. The lowest BCUT2D eigenvalue weighted by molar-refractivity contribution is -0.351. The molecule has 2 saturated heterocycles. The lowest BCUT2D eigenvalue weighted by Gasteiger charge is -2.45. The summed E-state index contributed by atoms with van der Waals surface area (Å²) in [6, 6.07) is 0. The Labute approximate surface area is 108 Å². The molecule has 5 nitrogen and oxygen atoms in total. The average Bonchev–Trinajstić information content (AvgIpc) is 2.38. The van der Waals surface area contributed by atoms with Crippen LogP contribution in [0.2, 0.25) is 0 Å². The van der Waals surface area contributed by atoms with Crippen LogP contribution < -0.4 is 0 Å². The summed E-state index contributed by atoms with van der Waals surface area (Å²) in [5, 5.41) is 0. The van der Waals surface area contributed by atoms with E-state index in [4.69, 9.17) is 14.2 Å². The van der Waals surface area contributed by atoms with Crippen molar-refractivity contribution in [3.05, 3.63) is 0 Å². The van der Waals surface area contributed by atoms with Gasteiger partial charge in [-0.05, 0) is 25.7 Å². The topological polar surface area (TPSA) is 54.0 Å². The number of carbonyl (C=O) groups excluding carboxylic acids is 1. The van der Waals surface area contributed by atoms with Gasteiger partial charge in [0.05, 0.1) is 19.6 Å². The van der Waals surface area contributed by atoms with Crippen LogP contribution in [0.15, 0.2) is 0 Å². The Morgan fingerprint density at radius 3 is 2.61 bits per heavy atom. The third kappa shape index (κ3) is 3.22. The molecule has 0 radical (unpaired) electrons. The van der Waals surface area contributed by atoms with Crippen molar-refractivity contribution in [2.24, 2.45) is 0 Å². The van der Waals surface area contributed by atoms with E-state index in [1.807, 2.05) is 0 Å². The van der Waals surface area contributed by atoms with Crippen molar-refractivity contribution in [2.75, 3.05) is 14.2 Å². The smallest absolute Gasteiger partial charge is 0.308 e. The van der Waals surface area contributed by atoms with Crippen LogP contribution in [0.5, 0.6) is 0 Å². The van der Waals surface area contributed by atoms with Crippen molar-refractivity contribution in [3.8, 4) is 0 Å². The Bertz CT molecular complexity index is 289. The lowest BCUT2D eigenvalue weighted by Crippen LogP contribution is -2.48. The van der Waals surface area contributed by atoms with Crippen LogP contribution in [0.25, 0.3) is 0 Å². The Hall–Kier alpha value is -0.650. The number of esters is 1. The highest BCUT2D eigenvalue weighted by Gasteiger charge is 2.43. The Morgan fingerprint density at radius 2 is 1.94 bits per heavy atom. The molecule has 2 aliphatic heterocycles. The van der Waals surface area contributed by atoms with Gasteiger partial charge in [0.2, 0.25) is 0 Å². The van der Waals surface area contributed by atoms with Gasteiger partial charge in [0.25, 0.3) is 0 Å². The van der Waals surface area contributed by atoms with Crippen LogP contribution in [0.3, 0.4) is 0 Å². The van der Waals surface area contributed by atoms with Gasteiger partial charge in [-0.15, -0.1) is 0 Å². The second-order valence-corrected chi connectivity index (χ2v) is 5.00. The highest BCUT2D eigenvalue weighted by atomic mass is 16.8. The normalized spacial score (nSPS) is 36.6. The summed E-state index contributed by atoms with van der Waals surface area (Å²) in [6.45, 7) is 0. The van der Waals surface area contributed by atoms with Crippen molar-refractivity contribution in [1.29, 1.82) is 0 Å². The molecule has 0 aromatic carbocycles. The fraction of sp³-hybridized carbons (Fsp3) is 0.923. The van der Waals surface area contributed by atoms with E-state index in [-0.39, 0.29) is 18.4 Å². The van der Waals surface area contributed by atoms with E-state index in [1.54, 1.807) is 7.11 Å². The molecule has 0 bridgehead atoms. The largest absolute Gasteiger partial charge is 0.469 e. The summed E-state index contributed by atoms with van der Waals surface area (Å²) < 4.78 is 21.9. The predicted molar refractivity (Wildman–Crippen MR) is 63.8 cm³/mol. The van der Waals surface area contributed by atoms with Crippen LogP contribution in [0.1, 0.15) is 44.9 Å². The second kappa shape index (κ2) is 5.99. The SMILES string of the molecule is COC(=O)C[C@@H]1CCC[C@]2(CCCC(OC)O2)O1. The number of rotatable bonds is 3. The molecule has 0 N–H and O–H groups in total. The number of ether oxygens (including phenoxy) is 4. The van der Waals surface area contributed by atoms with Crippen LogP contribution >= 0.6 is 0 Å². The maximum atomic E-state index is 11.3. The highest BCUT2D eigenvalue weighted by Crippen LogP contribution is 2.39. The van der Waals surface area contributed by atoms with Gasteiger partial charge in [-0.3, -0.25) is 4.79 Å². The summed E-state index contributed by atoms with van der Waals surface area (Å²) >= 11 is 0. The zero-order chi connectivity index (χ0) is 13.0. The molecule has 2 rings (SSSR count). The van der Waals surface area contributed by atoms with Crippen molar-refractivity contribution in [3.63, 3.8) is 0 Å². The fourth-order valence-electron chi connectivity index (χ4n) is 2.77. The van der Waals surface area contributed by atoms with E-state index in [0.29, 0.717) is 6.42 Å². The van der Waals surface area contributed by atoms with E-state index >= 15 is 0 Å². The molecule has 2 fully saturated rings. The molecule has 2 heterocycles. The zero-order valence-corrected chi connectivity index (χ0v) is 11.1. The summed E-state index contributed by atoms with van der Waals surface area (Å²) in [6.07, 6.45) is 5.62. The molecular formula is C13H22O5. The van der Waals surface area contributed by atoms with Crippen molar-refractivity contribution in [2.45, 2.75) is 63.1 Å². The van der Waals surface area contributed by atoms with Gasteiger partial charge < -0.3 is 18.9 Å². The number of carbonyl (C=O) groups is 1. The Morgan fingerprint density at radius 1 is 1.22 bits per heavy atom. The van der Waals surface area contributed by atoms with Crippen LogP contribution in [-0.2, 0) is 23.7 Å². The standard InChI is InChI=1S/C13H22O5/c1-15-11(14)9-10-5-3-7-13(17-10)8-4-6-12(16-2)18-13/h10,12H,3-9H2,1-2H3/t10-,12?,13-/m0/s1. The molecule has 0 aliphatic carbocycles. The van der Waals surface area contributed by atoms with Crippen LogP contribution in [0, 0.1) is 0 Å². The van der Waals surface area contributed by atoms with Crippen molar-refractivity contribution < 1.29 is 23.7 Å². The van der Waals surface area contributed by atoms with Crippen molar-refractivity contribution >= 4 is 5.97 Å². The minimum Gasteiger partial charge on any atom is -0.469 e. The molecule has 5 heteroatoms. The first kappa shape index (κ1) is 13.8. The fourth-order valence-corrected chi connectivity index (χ4v) is 2.77. The first-order valence-corrected chi connectivity index (χ1v) is 6.63. The zero-order valence-electron chi connectivity index (χ0n) is 11.1. The van der Waals surface area contributed by atoms with E-state index < -0.39 is 5.79 Å².